The fourth-order valence-electron chi connectivity index (χ4n) is 2.08. The van der Waals surface area contributed by atoms with E-state index in [0.29, 0.717) is 12.2 Å². The van der Waals surface area contributed by atoms with Gasteiger partial charge in [0.25, 0.3) is 0 Å². The number of hydrogen-bond donors (Lipinski definition) is 2. The summed E-state index contributed by atoms with van der Waals surface area (Å²) in [5.74, 6) is -0.593. The van der Waals surface area contributed by atoms with Crippen LogP contribution in [0.25, 0.3) is 0 Å². The van der Waals surface area contributed by atoms with Crippen molar-refractivity contribution in [1.29, 1.82) is 0 Å². The van der Waals surface area contributed by atoms with Crippen molar-refractivity contribution in [1.82, 2.24) is 0 Å². The SMILES string of the molecule is CC1(CNc2ccc(S(N)(=O)=O)cc2F)CCC1. The van der Waals surface area contributed by atoms with Crippen LogP contribution in [0.3, 0.4) is 0 Å². The maximum Gasteiger partial charge on any atom is 0.238 e. The monoisotopic (exact) mass is 272 g/mol. The molecule has 1 fully saturated rings. The first-order valence-corrected chi connectivity index (χ1v) is 7.41. The minimum absolute atomic E-state index is 0.208. The van der Waals surface area contributed by atoms with Gasteiger partial charge in [-0.2, -0.15) is 0 Å². The molecule has 1 aliphatic carbocycles. The summed E-state index contributed by atoms with van der Waals surface area (Å²) >= 11 is 0. The van der Waals surface area contributed by atoms with E-state index in [-0.39, 0.29) is 10.3 Å². The molecule has 4 nitrogen and oxygen atoms in total. The smallest absolute Gasteiger partial charge is 0.238 e. The Hall–Kier alpha value is -1.14. The van der Waals surface area contributed by atoms with Gasteiger partial charge in [-0.05, 0) is 36.5 Å². The molecule has 0 saturated heterocycles. The summed E-state index contributed by atoms with van der Waals surface area (Å²) in [6.07, 6.45) is 3.48. The van der Waals surface area contributed by atoms with Crippen LogP contribution in [-0.4, -0.2) is 15.0 Å². The van der Waals surface area contributed by atoms with Gasteiger partial charge in [0.05, 0.1) is 10.6 Å². The Bertz CT molecular complexity index is 553. The molecule has 6 heteroatoms. The molecule has 18 heavy (non-hydrogen) atoms. The topological polar surface area (TPSA) is 72.2 Å². The van der Waals surface area contributed by atoms with Crippen LogP contribution in [0.1, 0.15) is 26.2 Å². The molecule has 2 rings (SSSR count). The van der Waals surface area contributed by atoms with Crippen molar-refractivity contribution >= 4 is 15.7 Å². The predicted molar refractivity (Wildman–Crippen MR) is 68.2 cm³/mol. The third-order valence-electron chi connectivity index (χ3n) is 3.54. The largest absolute Gasteiger partial charge is 0.382 e. The second kappa shape index (κ2) is 4.51. The van der Waals surface area contributed by atoms with Crippen LogP contribution in [-0.2, 0) is 10.0 Å². The van der Waals surface area contributed by atoms with Crippen LogP contribution in [0.2, 0.25) is 0 Å². The van der Waals surface area contributed by atoms with Crippen molar-refractivity contribution in [2.45, 2.75) is 31.1 Å². The van der Waals surface area contributed by atoms with Crippen LogP contribution in [0.4, 0.5) is 10.1 Å². The molecule has 100 valence electrons. The fourth-order valence-corrected chi connectivity index (χ4v) is 2.61. The Morgan fingerprint density at radius 1 is 1.44 bits per heavy atom. The summed E-state index contributed by atoms with van der Waals surface area (Å²) in [6, 6.07) is 3.67. The highest BCUT2D eigenvalue weighted by Crippen LogP contribution is 2.40. The molecule has 0 aromatic heterocycles. The number of primary sulfonamides is 1. The van der Waals surface area contributed by atoms with Gasteiger partial charge in [0.15, 0.2) is 0 Å². The number of rotatable bonds is 4. The Labute approximate surface area is 106 Å². The van der Waals surface area contributed by atoms with E-state index >= 15 is 0 Å². The lowest BCUT2D eigenvalue weighted by molar-refractivity contribution is 0.180. The lowest BCUT2D eigenvalue weighted by atomic mass is 9.70. The van der Waals surface area contributed by atoms with E-state index in [0.717, 1.165) is 18.9 Å². The van der Waals surface area contributed by atoms with Crippen molar-refractivity contribution in [2.75, 3.05) is 11.9 Å². The molecule has 0 heterocycles. The second-order valence-corrected chi connectivity index (χ2v) is 6.77. The van der Waals surface area contributed by atoms with E-state index in [1.807, 2.05) is 0 Å². The molecule has 0 bridgehead atoms. The first kappa shape index (κ1) is 13.3. The molecule has 1 aliphatic rings. The molecular weight excluding hydrogens is 255 g/mol. The van der Waals surface area contributed by atoms with Crippen molar-refractivity contribution in [3.63, 3.8) is 0 Å². The zero-order chi connectivity index (χ0) is 13.4. The molecule has 0 unspecified atom stereocenters. The van der Waals surface area contributed by atoms with Gasteiger partial charge < -0.3 is 5.32 Å². The van der Waals surface area contributed by atoms with E-state index in [1.165, 1.54) is 18.6 Å². The Morgan fingerprint density at radius 2 is 2.11 bits per heavy atom. The summed E-state index contributed by atoms with van der Waals surface area (Å²) in [5.41, 5.74) is 0.543. The minimum Gasteiger partial charge on any atom is -0.382 e. The van der Waals surface area contributed by atoms with Crippen LogP contribution in [0.5, 0.6) is 0 Å². The van der Waals surface area contributed by atoms with Gasteiger partial charge in [-0.25, -0.2) is 17.9 Å². The van der Waals surface area contributed by atoms with Gasteiger partial charge in [-0.3, -0.25) is 0 Å². The maximum absolute atomic E-state index is 13.7. The van der Waals surface area contributed by atoms with Crippen molar-refractivity contribution in [3.8, 4) is 0 Å². The second-order valence-electron chi connectivity index (χ2n) is 5.20. The summed E-state index contributed by atoms with van der Waals surface area (Å²) in [4.78, 5) is -0.208. The van der Waals surface area contributed by atoms with Gasteiger partial charge in [-0.1, -0.05) is 13.3 Å². The van der Waals surface area contributed by atoms with Crippen LogP contribution in [0.15, 0.2) is 23.1 Å². The summed E-state index contributed by atoms with van der Waals surface area (Å²) in [5, 5.41) is 7.96. The number of nitrogens with two attached hydrogens (primary N) is 1. The lowest BCUT2D eigenvalue weighted by Gasteiger charge is -2.38. The van der Waals surface area contributed by atoms with Crippen molar-refractivity contribution < 1.29 is 12.8 Å². The van der Waals surface area contributed by atoms with Gasteiger partial charge in [0, 0.05) is 6.54 Å². The Balaban J connectivity index is 2.10. The van der Waals surface area contributed by atoms with Crippen LogP contribution in [0, 0.1) is 11.2 Å². The van der Waals surface area contributed by atoms with E-state index in [1.54, 1.807) is 0 Å². The number of nitrogens with one attached hydrogen (secondary N) is 1. The number of benzene rings is 1. The molecule has 0 radical (unpaired) electrons. The summed E-state index contributed by atoms with van der Waals surface area (Å²) < 4.78 is 35.8. The third kappa shape index (κ3) is 2.81. The number of anilines is 1. The highest BCUT2D eigenvalue weighted by Gasteiger charge is 2.31. The lowest BCUT2D eigenvalue weighted by Crippen LogP contribution is -2.33. The van der Waals surface area contributed by atoms with E-state index < -0.39 is 15.8 Å². The number of halogens is 1. The molecular formula is C12H17FN2O2S. The van der Waals surface area contributed by atoms with Gasteiger partial charge >= 0.3 is 0 Å². The molecule has 1 aromatic carbocycles. The molecule has 0 spiro atoms. The molecule has 1 aromatic rings. The molecule has 3 N–H and O–H groups in total. The maximum atomic E-state index is 13.7. The predicted octanol–water partition coefficient (Wildman–Crippen LogP) is 2.08. The zero-order valence-electron chi connectivity index (χ0n) is 10.2. The highest BCUT2D eigenvalue weighted by molar-refractivity contribution is 7.89. The fraction of sp³-hybridized carbons (Fsp3) is 0.500. The van der Waals surface area contributed by atoms with E-state index in [9.17, 15) is 12.8 Å². The van der Waals surface area contributed by atoms with Crippen LogP contribution < -0.4 is 10.5 Å². The first-order valence-electron chi connectivity index (χ1n) is 5.86. The first-order chi connectivity index (χ1) is 8.30. The van der Waals surface area contributed by atoms with Gasteiger partial charge in [-0.15, -0.1) is 0 Å². The Morgan fingerprint density at radius 3 is 2.56 bits per heavy atom. The zero-order valence-corrected chi connectivity index (χ0v) is 11.1. The molecule has 0 atom stereocenters. The van der Waals surface area contributed by atoms with E-state index in [4.69, 9.17) is 5.14 Å². The Kier molecular flexibility index (Phi) is 3.33. The summed E-state index contributed by atoms with van der Waals surface area (Å²) in [7, 11) is -3.85. The normalized spacial score (nSPS) is 18.2. The summed E-state index contributed by atoms with van der Waals surface area (Å²) in [6.45, 7) is 2.85. The van der Waals surface area contributed by atoms with Crippen molar-refractivity contribution in [2.24, 2.45) is 10.6 Å². The quantitative estimate of drug-likeness (QED) is 0.881. The van der Waals surface area contributed by atoms with E-state index in [2.05, 4.69) is 12.2 Å². The standard InChI is InChI=1S/C12H17FN2O2S/c1-12(5-2-6-12)8-15-11-4-3-9(7-10(11)13)18(14,16)17/h3-4,7,15H,2,5-6,8H2,1H3,(H2,14,16,17). The van der Waals surface area contributed by atoms with Crippen LogP contribution >= 0.6 is 0 Å². The average molecular weight is 272 g/mol. The molecule has 1 saturated carbocycles. The number of hydrogen-bond acceptors (Lipinski definition) is 3. The minimum atomic E-state index is -3.85. The van der Waals surface area contributed by atoms with Crippen molar-refractivity contribution in [3.05, 3.63) is 24.0 Å². The van der Waals surface area contributed by atoms with Gasteiger partial charge in [0.1, 0.15) is 5.82 Å². The third-order valence-corrected chi connectivity index (χ3v) is 4.45. The molecule has 0 amide bonds. The highest BCUT2D eigenvalue weighted by atomic mass is 32.2. The number of sulfonamides is 1. The average Bonchev–Trinajstić information content (AvgIpc) is 2.23. The van der Waals surface area contributed by atoms with Gasteiger partial charge in [0.2, 0.25) is 10.0 Å². The molecule has 0 aliphatic heterocycles.